The normalized spacial score (nSPS) is 10.2. The molecule has 0 bridgehead atoms. The molecule has 0 aliphatic heterocycles. The van der Waals surface area contributed by atoms with Gasteiger partial charge in [-0.1, -0.05) is 24.6 Å². The average Bonchev–Trinajstić information content (AvgIpc) is 2.47. The van der Waals surface area contributed by atoms with Crippen molar-refractivity contribution >= 4 is 5.95 Å². The Bertz CT molecular complexity index is 559. The third kappa shape index (κ3) is 3.79. The van der Waals surface area contributed by atoms with Gasteiger partial charge in [0.2, 0.25) is 5.95 Å². The van der Waals surface area contributed by atoms with Crippen LogP contribution in [-0.4, -0.2) is 21.6 Å². The van der Waals surface area contributed by atoms with Gasteiger partial charge < -0.3 is 9.47 Å². The number of hydrogen-bond donors (Lipinski definition) is 2. The van der Waals surface area contributed by atoms with Gasteiger partial charge in [-0.15, -0.1) is 4.98 Å². The molecule has 0 aliphatic rings. The van der Waals surface area contributed by atoms with E-state index in [1.807, 2.05) is 38.1 Å². The number of hydrogen-bond acceptors (Lipinski definition) is 7. The van der Waals surface area contributed by atoms with Crippen molar-refractivity contribution in [3.8, 4) is 17.8 Å². The number of nitrogens with one attached hydrogen (secondary N) is 1. The molecule has 0 fully saturated rings. The number of anilines is 1. The molecular weight excluding hydrogens is 258 g/mol. The van der Waals surface area contributed by atoms with Crippen LogP contribution in [0.25, 0.3) is 0 Å². The highest BCUT2D eigenvalue weighted by atomic mass is 16.5. The number of nitrogen functional groups attached to an aromatic ring is 1. The summed E-state index contributed by atoms with van der Waals surface area (Å²) in [5, 5.41) is 0. The summed E-state index contributed by atoms with van der Waals surface area (Å²) in [5.41, 5.74) is 3.50. The fraction of sp³-hybridized carbons (Fsp3) is 0.308. The average molecular weight is 275 g/mol. The van der Waals surface area contributed by atoms with E-state index in [4.69, 9.17) is 15.3 Å². The highest BCUT2D eigenvalue weighted by Crippen LogP contribution is 2.20. The summed E-state index contributed by atoms with van der Waals surface area (Å²) in [6.45, 7) is 4.50. The van der Waals surface area contributed by atoms with E-state index in [9.17, 15) is 0 Å². The van der Waals surface area contributed by atoms with Crippen LogP contribution in [0.5, 0.6) is 17.8 Å². The molecule has 0 spiro atoms. The van der Waals surface area contributed by atoms with Crippen LogP contribution in [0.2, 0.25) is 0 Å². The van der Waals surface area contributed by atoms with Crippen molar-refractivity contribution in [3.05, 3.63) is 29.8 Å². The van der Waals surface area contributed by atoms with Crippen LogP contribution in [-0.2, 0) is 0 Å². The molecule has 7 nitrogen and oxygen atoms in total. The van der Waals surface area contributed by atoms with Gasteiger partial charge in [-0.3, -0.25) is 5.43 Å². The maximum absolute atomic E-state index is 5.56. The van der Waals surface area contributed by atoms with Crippen molar-refractivity contribution in [1.82, 2.24) is 15.0 Å². The minimum Gasteiger partial charge on any atom is -0.463 e. The molecule has 2 rings (SSSR count). The molecule has 1 heterocycles. The zero-order valence-electron chi connectivity index (χ0n) is 11.5. The van der Waals surface area contributed by atoms with Gasteiger partial charge in [-0.05, 0) is 25.5 Å². The van der Waals surface area contributed by atoms with Gasteiger partial charge in [-0.25, -0.2) is 5.84 Å². The Kier molecular flexibility index (Phi) is 4.67. The zero-order valence-corrected chi connectivity index (χ0v) is 11.5. The predicted octanol–water partition coefficient (Wildman–Crippen LogP) is 2.05. The van der Waals surface area contributed by atoms with Crippen LogP contribution >= 0.6 is 0 Å². The van der Waals surface area contributed by atoms with Gasteiger partial charge in [0.05, 0.1) is 6.61 Å². The summed E-state index contributed by atoms with van der Waals surface area (Å²) in [4.78, 5) is 12.1. The Morgan fingerprint density at radius 2 is 1.80 bits per heavy atom. The van der Waals surface area contributed by atoms with E-state index in [1.165, 1.54) is 0 Å². The standard InChI is InChI=1S/C13H17N5O2/c1-3-8-19-12-15-11(18-14)16-13(17-12)20-10-6-4-9(2)5-7-10/h4-7H,3,8,14H2,1-2H3,(H,15,16,17,18). The molecule has 2 aromatic rings. The molecule has 7 heteroatoms. The van der Waals surface area contributed by atoms with Crippen LogP contribution in [0.15, 0.2) is 24.3 Å². The van der Waals surface area contributed by atoms with Gasteiger partial charge in [0, 0.05) is 0 Å². The first-order valence-corrected chi connectivity index (χ1v) is 6.31. The number of nitrogens with zero attached hydrogens (tertiary/aromatic N) is 3. The molecule has 0 unspecified atom stereocenters. The highest BCUT2D eigenvalue weighted by Gasteiger charge is 2.08. The molecule has 106 valence electrons. The molecule has 0 radical (unpaired) electrons. The number of aromatic nitrogens is 3. The lowest BCUT2D eigenvalue weighted by Crippen LogP contribution is -2.13. The smallest absolute Gasteiger partial charge is 0.330 e. The molecule has 0 saturated heterocycles. The van der Waals surface area contributed by atoms with Gasteiger partial charge in [-0.2, -0.15) is 9.97 Å². The van der Waals surface area contributed by atoms with E-state index in [1.54, 1.807) is 0 Å². The lowest BCUT2D eigenvalue weighted by Gasteiger charge is -2.08. The van der Waals surface area contributed by atoms with E-state index >= 15 is 0 Å². The minimum atomic E-state index is 0.128. The van der Waals surface area contributed by atoms with Gasteiger partial charge in [0.15, 0.2) is 0 Å². The third-order valence-corrected chi connectivity index (χ3v) is 2.39. The molecule has 1 aromatic heterocycles. The Morgan fingerprint density at radius 3 is 2.45 bits per heavy atom. The van der Waals surface area contributed by atoms with Gasteiger partial charge in [0.1, 0.15) is 5.75 Å². The number of benzene rings is 1. The number of aryl methyl sites for hydroxylation is 1. The molecule has 1 aromatic carbocycles. The second kappa shape index (κ2) is 6.67. The first-order valence-electron chi connectivity index (χ1n) is 6.31. The number of ether oxygens (including phenoxy) is 2. The summed E-state index contributed by atoms with van der Waals surface area (Å²) in [7, 11) is 0. The summed E-state index contributed by atoms with van der Waals surface area (Å²) in [6, 6.07) is 7.85. The molecule has 0 aliphatic carbocycles. The summed E-state index contributed by atoms with van der Waals surface area (Å²) < 4.78 is 10.9. The fourth-order valence-corrected chi connectivity index (χ4v) is 1.42. The van der Waals surface area contributed by atoms with Crippen LogP contribution in [0, 0.1) is 6.92 Å². The van der Waals surface area contributed by atoms with Gasteiger partial charge >= 0.3 is 12.0 Å². The maximum atomic E-state index is 5.56. The van der Waals surface area contributed by atoms with Crippen LogP contribution in [0.4, 0.5) is 5.95 Å². The summed E-state index contributed by atoms with van der Waals surface area (Å²) >= 11 is 0. The van der Waals surface area contributed by atoms with E-state index in [0.717, 1.165) is 12.0 Å². The lowest BCUT2D eigenvalue weighted by molar-refractivity contribution is 0.285. The SMILES string of the molecule is CCCOc1nc(NN)nc(Oc2ccc(C)cc2)n1. The molecule has 0 atom stereocenters. The molecule has 0 amide bonds. The fourth-order valence-electron chi connectivity index (χ4n) is 1.42. The maximum Gasteiger partial charge on any atom is 0.330 e. The van der Waals surface area contributed by atoms with Crippen LogP contribution in [0.3, 0.4) is 0 Å². The van der Waals surface area contributed by atoms with Crippen molar-refractivity contribution in [2.45, 2.75) is 20.3 Å². The van der Waals surface area contributed by atoms with Crippen molar-refractivity contribution < 1.29 is 9.47 Å². The number of nitrogens with two attached hydrogens (primary N) is 1. The monoisotopic (exact) mass is 275 g/mol. The van der Waals surface area contributed by atoms with Crippen molar-refractivity contribution in [3.63, 3.8) is 0 Å². The second-order valence-electron chi connectivity index (χ2n) is 4.13. The van der Waals surface area contributed by atoms with Crippen molar-refractivity contribution in [2.24, 2.45) is 5.84 Å². The molecule has 0 saturated carbocycles. The van der Waals surface area contributed by atoms with Gasteiger partial charge in [0.25, 0.3) is 0 Å². The van der Waals surface area contributed by atoms with Crippen molar-refractivity contribution in [2.75, 3.05) is 12.0 Å². The van der Waals surface area contributed by atoms with Crippen molar-refractivity contribution in [1.29, 1.82) is 0 Å². The van der Waals surface area contributed by atoms with Crippen LogP contribution < -0.4 is 20.7 Å². The lowest BCUT2D eigenvalue weighted by atomic mass is 10.2. The Labute approximate surface area is 117 Å². The largest absolute Gasteiger partial charge is 0.463 e. The van der Waals surface area contributed by atoms with E-state index in [2.05, 4.69) is 20.4 Å². The third-order valence-electron chi connectivity index (χ3n) is 2.39. The van der Waals surface area contributed by atoms with E-state index < -0.39 is 0 Å². The first-order chi connectivity index (χ1) is 9.71. The summed E-state index contributed by atoms with van der Waals surface area (Å²) in [5.74, 6) is 6.13. The number of rotatable bonds is 6. The molecule has 3 N–H and O–H groups in total. The van der Waals surface area contributed by atoms with E-state index in [0.29, 0.717) is 12.4 Å². The first kappa shape index (κ1) is 14.0. The predicted molar refractivity (Wildman–Crippen MR) is 74.7 cm³/mol. The Morgan fingerprint density at radius 1 is 1.10 bits per heavy atom. The topological polar surface area (TPSA) is 95.2 Å². The Balaban J connectivity index is 2.19. The zero-order chi connectivity index (χ0) is 14.4. The Hall–Kier alpha value is -2.41. The molecular formula is C13H17N5O2. The number of hydrazine groups is 1. The summed E-state index contributed by atoms with van der Waals surface area (Å²) in [6.07, 6.45) is 0.852. The molecule has 20 heavy (non-hydrogen) atoms. The highest BCUT2D eigenvalue weighted by molar-refractivity contribution is 5.31. The minimum absolute atomic E-state index is 0.128. The second-order valence-corrected chi connectivity index (χ2v) is 4.13. The van der Waals surface area contributed by atoms with Crippen LogP contribution in [0.1, 0.15) is 18.9 Å². The van der Waals surface area contributed by atoms with E-state index in [-0.39, 0.29) is 18.0 Å². The quantitative estimate of drug-likeness (QED) is 0.615.